The molecule has 0 heterocycles. The number of rotatable bonds is 5. The lowest BCUT2D eigenvalue weighted by Gasteiger charge is -2.19. The van der Waals surface area contributed by atoms with Crippen LogP contribution in [0.15, 0.2) is 23.1 Å². The van der Waals surface area contributed by atoms with Crippen LogP contribution in [0.25, 0.3) is 0 Å². The highest BCUT2D eigenvalue weighted by molar-refractivity contribution is 7.89. The molecule has 22 heavy (non-hydrogen) atoms. The molecule has 8 heteroatoms. The van der Waals surface area contributed by atoms with Gasteiger partial charge in [0.1, 0.15) is 5.60 Å². The van der Waals surface area contributed by atoms with Gasteiger partial charge in [-0.2, -0.15) is 0 Å². The normalized spacial score (nSPS) is 12.0. The summed E-state index contributed by atoms with van der Waals surface area (Å²) in [5.74, 6) is 0. The van der Waals surface area contributed by atoms with Crippen LogP contribution in [-0.2, 0) is 14.8 Å². The van der Waals surface area contributed by atoms with Crippen molar-refractivity contribution < 1.29 is 17.9 Å². The number of nitrogens with two attached hydrogens (primary N) is 1. The van der Waals surface area contributed by atoms with Crippen molar-refractivity contribution in [2.75, 3.05) is 18.8 Å². The van der Waals surface area contributed by atoms with E-state index in [9.17, 15) is 13.2 Å². The molecule has 0 bridgehead atoms. The molecule has 0 atom stereocenters. The van der Waals surface area contributed by atoms with Crippen LogP contribution in [0, 0.1) is 6.92 Å². The summed E-state index contributed by atoms with van der Waals surface area (Å²) in [7, 11) is -3.64. The van der Waals surface area contributed by atoms with E-state index < -0.39 is 21.7 Å². The van der Waals surface area contributed by atoms with Gasteiger partial charge in [0.05, 0.1) is 4.90 Å². The molecule has 0 aliphatic carbocycles. The predicted octanol–water partition coefficient (Wildman–Crippen LogP) is 1.38. The molecule has 0 aliphatic heterocycles. The largest absolute Gasteiger partial charge is 0.444 e. The smallest absolute Gasteiger partial charge is 0.407 e. The predicted molar refractivity (Wildman–Crippen MR) is 85.0 cm³/mol. The maximum Gasteiger partial charge on any atom is 0.407 e. The third-order valence-corrected chi connectivity index (χ3v) is 4.20. The number of anilines is 1. The van der Waals surface area contributed by atoms with Crippen molar-refractivity contribution >= 4 is 21.8 Å². The molecule has 0 unspecified atom stereocenters. The van der Waals surface area contributed by atoms with Crippen LogP contribution in [-0.4, -0.2) is 33.2 Å². The van der Waals surface area contributed by atoms with Gasteiger partial charge in [0.2, 0.25) is 10.0 Å². The number of amides is 1. The summed E-state index contributed by atoms with van der Waals surface area (Å²) in [6, 6.07) is 4.57. The van der Waals surface area contributed by atoms with E-state index in [2.05, 4.69) is 10.0 Å². The third kappa shape index (κ3) is 5.90. The third-order valence-electron chi connectivity index (χ3n) is 2.57. The minimum Gasteiger partial charge on any atom is -0.444 e. The van der Waals surface area contributed by atoms with E-state index in [1.54, 1.807) is 33.8 Å². The van der Waals surface area contributed by atoms with Gasteiger partial charge in [0.15, 0.2) is 0 Å². The van der Waals surface area contributed by atoms with Gasteiger partial charge < -0.3 is 15.8 Å². The molecule has 0 spiro atoms. The first-order valence-electron chi connectivity index (χ1n) is 6.84. The maximum absolute atomic E-state index is 12.1. The lowest BCUT2D eigenvalue weighted by molar-refractivity contribution is 0.0529. The van der Waals surface area contributed by atoms with Gasteiger partial charge >= 0.3 is 6.09 Å². The number of nitrogen functional groups attached to an aromatic ring is 1. The molecule has 7 nitrogen and oxygen atoms in total. The minimum atomic E-state index is -3.64. The Morgan fingerprint density at radius 1 is 1.27 bits per heavy atom. The quantitative estimate of drug-likeness (QED) is 0.558. The summed E-state index contributed by atoms with van der Waals surface area (Å²) in [4.78, 5) is 11.6. The molecule has 1 aromatic rings. The van der Waals surface area contributed by atoms with Crippen LogP contribution in [0.5, 0.6) is 0 Å². The van der Waals surface area contributed by atoms with Crippen molar-refractivity contribution in [1.29, 1.82) is 0 Å². The van der Waals surface area contributed by atoms with Crippen molar-refractivity contribution in [3.63, 3.8) is 0 Å². The van der Waals surface area contributed by atoms with Crippen molar-refractivity contribution in [2.45, 2.75) is 38.2 Å². The number of hydrogen-bond donors (Lipinski definition) is 3. The van der Waals surface area contributed by atoms with E-state index in [1.807, 2.05) is 0 Å². The SMILES string of the molecule is Cc1cc(N)ccc1S(=O)(=O)NCCNC(=O)OC(C)(C)C. The van der Waals surface area contributed by atoms with E-state index >= 15 is 0 Å². The van der Waals surface area contributed by atoms with Gasteiger partial charge in [-0.25, -0.2) is 17.9 Å². The van der Waals surface area contributed by atoms with Gasteiger partial charge in [-0.05, 0) is 51.5 Å². The molecule has 0 fully saturated rings. The van der Waals surface area contributed by atoms with Gasteiger partial charge in [-0.1, -0.05) is 0 Å². The van der Waals surface area contributed by atoms with Crippen LogP contribution in [0.2, 0.25) is 0 Å². The Hall–Kier alpha value is -1.80. The summed E-state index contributed by atoms with van der Waals surface area (Å²) in [5, 5.41) is 2.48. The van der Waals surface area contributed by atoms with Crippen molar-refractivity contribution in [1.82, 2.24) is 10.0 Å². The van der Waals surface area contributed by atoms with Crippen LogP contribution < -0.4 is 15.8 Å². The molecule has 1 rings (SSSR count). The lowest BCUT2D eigenvalue weighted by atomic mass is 10.2. The van der Waals surface area contributed by atoms with Gasteiger partial charge in [-0.15, -0.1) is 0 Å². The number of ether oxygens (including phenoxy) is 1. The fourth-order valence-electron chi connectivity index (χ4n) is 1.72. The molecule has 0 aliphatic rings. The second kappa shape index (κ2) is 6.97. The topological polar surface area (TPSA) is 111 Å². The van der Waals surface area contributed by atoms with E-state index in [4.69, 9.17) is 10.5 Å². The molecular formula is C14H23N3O4S. The molecule has 0 saturated carbocycles. The first-order chi connectivity index (χ1) is 10.0. The average molecular weight is 329 g/mol. The molecule has 0 aromatic heterocycles. The fraction of sp³-hybridized carbons (Fsp3) is 0.500. The summed E-state index contributed by atoms with van der Waals surface area (Å²) >= 11 is 0. The molecule has 124 valence electrons. The van der Waals surface area contributed by atoms with Crippen LogP contribution >= 0.6 is 0 Å². The van der Waals surface area contributed by atoms with E-state index in [0.717, 1.165) is 0 Å². The lowest BCUT2D eigenvalue weighted by Crippen LogP contribution is -2.38. The Morgan fingerprint density at radius 2 is 1.91 bits per heavy atom. The van der Waals surface area contributed by atoms with E-state index in [-0.39, 0.29) is 18.0 Å². The average Bonchev–Trinajstić information content (AvgIpc) is 2.32. The van der Waals surface area contributed by atoms with Gasteiger partial charge in [-0.3, -0.25) is 0 Å². The van der Waals surface area contributed by atoms with Crippen molar-refractivity contribution in [3.05, 3.63) is 23.8 Å². The van der Waals surface area contributed by atoms with Gasteiger partial charge in [0.25, 0.3) is 0 Å². The fourth-order valence-corrected chi connectivity index (χ4v) is 2.97. The summed E-state index contributed by atoms with van der Waals surface area (Å²) in [6.07, 6.45) is -0.588. The first-order valence-corrected chi connectivity index (χ1v) is 8.32. The second-order valence-electron chi connectivity index (χ2n) is 5.85. The first kappa shape index (κ1) is 18.2. The molecule has 0 radical (unpaired) electrons. The zero-order chi connectivity index (χ0) is 17.0. The highest BCUT2D eigenvalue weighted by atomic mass is 32.2. The standard InChI is InChI=1S/C14H23N3O4S/c1-10-9-11(15)5-6-12(10)22(19,20)17-8-7-16-13(18)21-14(2,3)4/h5-6,9,17H,7-8,15H2,1-4H3,(H,16,18). The Kier molecular flexibility index (Phi) is 5.78. The summed E-state index contributed by atoms with van der Waals surface area (Å²) in [6.45, 7) is 7.11. The number of hydrogen-bond acceptors (Lipinski definition) is 5. The number of benzene rings is 1. The number of nitrogens with one attached hydrogen (secondary N) is 2. The van der Waals surface area contributed by atoms with Crippen molar-refractivity contribution in [2.24, 2.45) is 0 Å². The Balaban J connectivity index is 2.52. The maximum atomic E-state index is 12.1. The van der Waals surface area contributed by atoms with Crippen LogP contribution in [0.3, 0.4) is 0 Å². The van der Waals surface area contributed by atoms with E-state index in [1.165, 1.54) is 12.1 Å². The number of sulfonamides is 1. The Bertz CT molecular complexity index is 636. The Labute approximate surface area is 131 Å². The van der Waals surface area contributed by atoms with Crippen LogP contribution in [0.1, 0.15) is 26.3 Å². The van der Waals surface area contributed by atoms with Crippen molar-refractivity contribution in [3.8, 4) is 0 Å². The number of carbonyl (C=O) groups is 1. The zero-order valence-corrected chi connectivity index (χ0v) is 14.1. The highest BCUT2D eigenvalue weighted by Gasteiger charge is 2.18. The molecule has 1 aromatic carbocycles. The summed E-state index contributed by atoms with van der Waals surface area (Å²) < 4.78 is 31.7. The van der Waals surface area contributed by atoms with Crippen LogP contribution in [0.4, 0.5) is 10.5 Å². The highest BCUT2D eigenvalue weighted by Crippen LogP contribution is 2.17. The number of carbonyl (C=O) groups excluding carboxylic acids is 1. The molecule has 0 saturated heterocycles. The molecule has 4 N–H and O–H groups in total. The Morgan fingerprint density at radius 3 is 2.45 bits per heavy atom. The minimum absolute atomic E-state index is 0.0609. The van der Waals surface area contributed by atoms with E-state index in [0.29, 0.717) is 11.3 Å². The van der Waals surface area contributed by atoms with Gasteiger partial charge in [0, 0.05) is 18.8 Å². The summed E-state index contributed by atoms with van der Waals surface area (Å²) in [5.41, 5.74) is 6.07. The second-order valence-corrected chi connectivity index (χ2v) is 7.59. The molecule has 1 amide bonds. The zero-order valence-electron chi connectivity index (χ0n) is 13.3. The monoisotopic (exact) mass is 329 g/mol. The number of aryl methyl sites for hydroxylation is 1. The molecular weight excluding hydrogens is 306 g/mol. The number of alkyl carbamates (subject to hydrolysis) is 1.